The van der Waals surface area contributed by atoms with Crippen LogP contribution in [0.4, 0.5) is 4.39 Å². The predicted octanol–water partition coefficient (Wildman–Crippen LogP) is 2.73. The Morgan fingerprint density at radius 3 is 2.53 bits per heavy atom. The van der Waals surface area contributed by atoms with Gasteiger partial charge in [-0.05, 0) is 33.1 Å². The maximum atomic E-state index is 12.4. The second-order valence-electron chi connectivity index (χ2n) is 6.47. The molecule has 2 rings (SSSR count). The van der Waals surface area contributed by atoms with Gasteiger partial charge in [-0.3, -0.25) is 9.29 Å². The Balaban J connectivity index is 2.00. The fraction of sp³-hybridized carbons (Fsp3) is 1.00. The lowest BCUT2D eigenvalue weighted by Gasteiger charge is -2.53. The van der Waals surface area contributed by atoms with Crippen LogP contribution >= 0.6 is 0 Å². The van der Waals surface area contributed by atoms with Crippen molar-refractivity contribution in [1.82, 2.24) is 10.2 Å². The molecule has 0 unspecified atom stereocenters. The highest BCUT2D eigenvalue weighted by molar-refractivity contribution is 5.02. The molecule has 0 amide bonds. The van der Waals surface area contributed by atoms with Crippen LogP contribution in [0.2, 0.25) is 0 Å². The molecule has 100 valence electrons. The molecule has 0 atom stereocenters. The molecule has 1 saturated carbocycles. The third-order valence-corrected chi connectivity index (χ3v) is 4.62. The Kier molecular flexibility index (Phi) is 4.09. The third kappa shape index (κ3) is 3.00. The summed E-state index contributed by atoms with van der Waals surface area (Å²) in [5.41, 5.74) is 0.516. The quantitative estimate of drug-likeness (QED) is 0.818. The molecule has 1 aliphatic heterocycles. The fourth-order valence-corrected chi connectivity index (χ4v) is 3.35. The molecule has 1 N–H and O–H groups in total. The number of rotatable bonds is 3. The maximum Gasteiger partial charge on any atom is 0.0906 e. The first-order valence-corrected chi connectivity index (χ1v) is 7.14. The summed E-state index contributed by atoms with van der Waals surface area (Å²) >= 11 is 0. The van der Waals surface area contributed by atoms with Crippen molar-refractivity contribution in [2.45, 2.75) is 63.5 Å². The molecule has 17 heavy (non-hydrogen) atoms. The van der Waals surface area contributed by atoms with E-state index >= 15 is 0 Å². The molecule has 1 saturated heterocycles. The van der Waals surface area contributed by atoms with Gasteiger partial charge in [0.1, 0.15) is 0 Å². The molecule has 0 aromatic carbocycles. The zero-order valence-electron chi connectivity index (χ0n) is 11.4. The summed E-state index contributed by atoms with van der Waals surface area (Å²) < 4.78 is 12.4. The van der Waals surface area contributed by atoms with Crippen molar-refractivity contribution in [1.29, 1.82) is 0 Å². The number of alkyl halides is 1. The minimum absolute atomic E-state index is 0.178. The van der Waals surface area contributed by atoms with Gasteiger partial charge in [-0.1, -0.05) is 19.3 Å². The maximum absolute atomic E-state index is 12.4. The van der Waals surface area contributed by atoms with Gasteiger partial charge in [0.2, 0.25) is 0 Å². The van der Waals surface area contributed by atoms with Crippen LogP contribution in [0.5, 0.6) is 0 Å². The molecular formula is C14H27FN2. The second kappa shape index (κ2) is 5.23. The Bertz CT molecular complexity index is 247. The Hall–Kier alpha value is -0.150. The van der Waals surface area contributed by atoms with E-state index in [-0.39, 0.29) is 12.2 Å². The molecule has 3 heteroatoms. The lowest BCUT2D eigenvalue weighted by molar-refractivity contribution is 0.00918. The highest BCUT2D eigenvalue weighted by Gasteiger charge is 2.42. The minimum atomic E-state index is -0.187. The van der Waals surface area contributed by atoms with E-state index in [2.05, 4.69) is 24.1 Å². The summed E-state index contributed by atoms with van der Waals surface area (Å²) in [6.07, 6.45) is 7.37. The topological polar surface area (TPSA) is 15.3 Å². The van der Waals surface area contributed by atoms with Crippen molar-refractivity contribution in [2.75, 3.05) is 26.3 Å². The molecule has 1 aliphatic carbocycles. The van der Waals surface area contributed by atoms with Gasteiger partial charge in [0.15, 0.2) is 0 Å². The van der Waals surface area contributed by atoms with Gasteiger partial charge >= 0.3 is 0 Å². The van der Waals surface area contributed by atoms with Crippen molar-refractivity contribution in [2.24, 2.45) is 0 Å². The van der Waals surface area contributed by atoms with Crippen molar-refractivity contribution in [3.05, 3.63) is 0 Å². The predicted molar refractivity (Wildman–Crippen MR) is 70.1 cm³/mol. The number of nitrogens with zero attached hydrogens (tertiary/aromatic N) is 1. The van der Waals surface area contributed by atoms with Crippen LogP contribution in [0.15, 0.2) is 0 Å². The van der Waals surface area contributed by atoms with Crippen LogP contribution < -0.4 is 5.32 Å². The first-order valence-electron chi connectivity index (χ1n) is 7.14. The molecule has 2 aliphatic rings. The fourth-order valence-electron chi connectivity index (χ4n) is 3.35. The minimum Gasteiger partial charge on any atom is -0.308 e. The van der Waals surface area contributed by atoms with Gasteiger partial charge in [-0.15, -0.1) is 0 Å². The molecular weight excluding hydrogens is 215 g/mol. The second-order valence-corrected chi connectivity index (χ2v) is 6.47. The number of hydrogen-bond donors (Lipinski definition) is 1. The molecule has 0 aromatic heterocycles. The van der Waals surface area contributed by atoms with E-state index in [4.69, 9.17) is 0 Å². The van der Waals surface area contributed by atoms with Crippen LogP contribution in [0.25, 0.3) is 0 Å². The normalized spacial score (nSPS) is 28.4. The standard InChI is InChI=1S/C14H27FN2/c1-13(2)11-16-14(7-4-3-5-8-14)12-17(13)10-6-9-15/h16H,3-12H2,1-2H3. The highest BCUT2D eigenvalue weighted by atomic mass is 19.1. The number of halogens is 1. The number of hydrogen-bond acceptors (Lipinski definition) is 2. The van der Waals surface area contributed by atoms with Crippen molar-refractivity contribution in [3.8, 4) is 0 Å². The van der Waals surface area contributed by atoms with Gasteiger partial charge in [0.25, 0.3) is 0 Å². The SMILES string of the molecule is CC1(C)CNC2(CCCCC2)CN1CCCF. The lowest BCUT2D eigenvalue weighted by atomic mass is 9.77. The van der Waals surface area contributed by atoms with Crippen LogP contribution in [0.1, 0.15) is 52.4 Å². The summed E-state index contributed by atoms with van der Waals surface area (Å²) in [5, 5.41) is 3.80. The van der Waals surface area contributed by atoms with E-state index in [1.54, 1.807) is 0 Å². The van der Waals surface area contributed by atoms with Crippen molar-refractivity contribution < 1.29 is 4.39 Å². The van der Waals surface area contributed by atoms with Crippen LogP contribution in [0.3, 0.4) is 0 Å². The molecule has 1 heterocycles. The van der Waals surface area contributed by atoms with Crippen LogP contribution in [-0.2, 0) is 0 Å². The molecule has 2 fully saturated rings. The third-order valence-electron chi connectivity index (χ3n) is 4.62. The monoisotopic (exact) mass is 242 g/mol. The van der Waals surface area contributed by atoms with Gasteiger partial charge in [0.05, 0.1) is 6.67 Å². The summed E-state index contributed by atoms with van der Waals surface area (Å²) in [4.78, 5) is 2.51. The van der Waals surface area contributed by atoms with Crippen LogP contribution in [-0.4, -0.2) is 42.3 Å². The molecule has 1 spiro atoms. The Labute approximate surface area is 105 Å². The molecule has 0 aromatic rings. The molecule has 2 nitrogen and oxygen atoms in total. The first kappa shape index (κ1) is 13.3. The van der Waals surface area contributed by atoms with E-state index in [9.17, 15) is 4.39 Å². The Morgan fingerprint density at radius 2 is 1.88 bits per heavy atom. The molecule has 0 radical (unpaired) electrons. The number of nitrogens with one attached hydrogen (secondary N) is 1. The van der Waals surface area contributed by atoms with Gasteiger partial charge in [-0.25, -0.2) is 0 Å². The van der Waals surface area contributed by atoms with E-state index in [1.165, 1.54) is 32.1 Å². The van der Waals surface area contributed by atoms with Gasteiger partial charge < -0.3 is 5.32 Å². The molecule has 0 bridgehead atoms. The zero-order chi connectivity index (χ0) is 12.4. The van der Waals surface area contributed by atoms with E-state index in [0.717, 1.165) is 19.6 Å². The van der Waals surface area contributed by atoms with Crippen molar-refractivity contribution >= 4 is 0 Å². The van der Waals surface area contributed by atoms with E-state index in [0.29, 0.717) is 12.0 Å². The lowest BCUT2D eigenvalue weighted by Crippen LogP contribution is -2.68. The smallest absolute Gasteiger partial charge is 0.0906 e. The van der Waals surface area contributed by atoms with E-state index in [1.807, 2.05) is 0 Å². The largest absolute Gasteiger partial charge is 0.308 e. The summed E-state index contributed by atoms with van der Waals surface area (Å²) in [5.74, 6) is 0. The highest BCUT2D eigenvalue weighted by Crippen LogP contribution is 2.34. The summed E-state index contributed by atoms with van der Waals surface area (Å²) in [6.45, 7) is 7.42. The van der Waals surface area contributed by atoms with Crippen LogP contribution in [0, 0.1) is 0 Å². The zero-order valence-corrected chi connectivity index (χ0v) is 11.4. The average molecular weight is 242 g/mol. The average Bonchev–Trinajstić information content (AvgIpc) is 2.32. The van der Waals surface area contributed by atoms with Gasteiger partial charge in [0, 0.05) is 30.7 Å². The summed E-state index contributed by atoms with van der Waals surface area (Å²) in [6, 6.07) is 0. The first-order chi connectivity index (χ1) is 8.08. The van der Waals surface area contributed by atoms with Crippen molar-refractivity contribution in [3.63, 3.8) is 0 Å². The Morgan fingerprint density at radius 1 is 1.18 bits per heavy atom. The number of piperazine rings is 1. The van der Waals surface area contributed by atoms with E-state index < -0.39 is 0 Å². The summed E-state index contributed by atoms with van der Waals surface area (Å²) in [7, 11) is 0. The van der Waals surface area contributed by atoms with Gasteiger partial charge in [-0.2, -0.15) is 0 Å².